The molecule has 1 aliphatic rings. The molecule has 0 atom stereocenters. The van der Waals surface area contributed by atoms with E-state index in [1.165, 1.54) is 24.2 Å². The quantitative estimate of drug-likeness (QED) is 0.348. The van der Waals surface area contributed by atoms with Crippen molar-refractivity contribution in [2.45, 2.75) is 33.1 Å². The molecule has 0 unspecified atom stereocenters. The molecule has 1 heterocycles. The van der Waals surface area contributed by atoms with Crippen molar-refractivity contribution in [2.24, 2.45) is 4.99 Å². The fraction of sp³-hybridized carbons (Fsp3) is 0.400. The Hall–Kier alpha value is -2.99. The summed E-state index contributed by atoms with van der Waals surface area (Å²) in [6, 6.07) is 9.17. The molecule has 2 aromatic rings. The first-order valence-electron chi connectivity index (χ1n) is 10.8. The summed E-state index contributed by atoms with van der Waals surface area (Å²) in [6.45, 7) is 9.22. The molecule has 0 N–H and O–H groups in total. The van der Waals surface area contributed by atoms with Crippen LogP contribution in [-0.2, 0) is 0 Å². The molecule has 0 radical (unpaired) electrons. The molecule has 6 nitrogen and oxygen atoms in total. The van der Waals surface area contributed by atoms with Gasteiger partial charge in [0.15, 0.2) is 0 Å². The van der Waals surface area contributed by atoms with Crippen LogP contribution < -0.4 is 4.90 Å². The van der Waals surface area contributed by atoms with E-state index >= 15 is 0 Å². The number of nitrogens with zero attached hydrogens (tertiary/aromatic N) is 4. The summed E-state index contributed by atoms with van der Waals surface area (Å²) in [7, 11) is 5.51. The smallest absolute Gasteiger partial charge is 0.261 e. The van der Waals surface area contributed by atoms with Gasteiger partial charge >= 0.3 is 0 Å². The van der Waals surface area contributed by atoms with E-state index in [1.807, 2.05) is 37.2 Å². The van der Waals surface area contributed by atoms with Gasteiger partial charge in [-0.1, -0.05) is 51.8 Å². The van der Waals surface area contributed by atoms with Crippen molar-refractivity contribution in [3.63, 3.8) is 0 Å². The number of aliphatic imine (C=N–C) groups is 1. The van der Waals surface area contributed by atoms with Crippen molar-refractivity contribution in [3.05, 3.63) is 54.2 Å². The summed E-state index contributed by atoms with van der Waals surface area (Å²) >= 11 is 0. The Kier molecular flexibility index (Phi) is 8.94. The molecule has 6 heteroatoms. The zero-order valence-electron chi connectivity index (χ0n) is 19.4. The third kappa shape index (κ3) is 5.39. The van der Waals surface area contributed by atoms with Crippen LogP contribution in [0, 0.1) is 0 Å². The van der Waals surface area contributed by atoms with Gasteiger partial charge in [-0.05, 0) is 32.3 Å². The number of hydrogen-bond donors (Lipinski definition) is 0. The largest absolute Gasteiger partial charge is 0.308 e. The molecule has 31 heavy (non-hydrogen) atoms. The zero-order chi connectivity index (χ0) is 23.0. The Morgan fingerprint density at radius 3 is 2.19 bits per heavy atom. The first-order chi connectivity index (χ1) is 14.9. The first kappa shape index (κ1) is 24.3. The Morgan fingerprint density at radius 2 is 1.68 bits per heavy atom. The van der Waals surface area contributed by atoms with Crippen molar-refractivity contribution >= 4 is 34.6 Å². The standard InChI is InChI=1S/C20H22N4O2.C5H12/c1-5-23(13-21-2)17-10-9-16-18-14(17)7-6-8-15(18)19(25)24(20(16)26)12-11-22(3)4;1-3-5-4-2/h5-10,13H,1,11-12H2,2-4H3;3-5H2,1-2H3. The lowest BCUT2D eigenvalue weighted by atomic mass is 9.92. The summed E-state index contributed by atoms with van der Waals surface area (Å²) in [5, 5.41) is 1.52. The van der Waals surface area contributed by atoms with Crippen LogP contribution in [0.15, 0.2) is 48.1 Å². The first-order valence-corrected chi connectivity index (χ1v) is 10.8. The summed E-state index contributed by atoms with van der Waals surface area (Å²) in [5.41, 5.74) is 1.93. The minimum atomic E-state index is -0.249. The van der Waals surface area contributed by atoms with E-state index in [2.05, 4.69) is 25.4 Å². The van der Waals surface area contributed by atoms with E-state index in [1.54, 1.807) is 36.6 Å². The number of unbranched alkanes of at least 4 members (excludes halogenated alkanes) is 2. The fourth-order valence-corrected chi connectivity index (χ4v) is 3.54. The van der Waals surface area contributed by atoms with Gasteiger partial charge in [-0.3, -0.25) is 19.5 Å². The molecule has 0 aliphatic carbocycles. The maximum atomic E-state index is 12.9. The van der Waals surface area contributed by atoms with Crippen LogP contribution in [0.4, 0.5) is 5.69 Å². The number of likely N-dealkylation sites (N-methyl/N-ethyl adjacent to an activating group) is 1. The van der Waals surface area contributed by atoms with E-state index < -0.39 is 0 Å². The molecule has 0 fully saturated rings. The molecule has 0 spiro atoms. The van der Waals surface area contributed by atoms with Gasteiger partial charge < -0.3 is 9.80 Å². The minimum absolute atomic E-state index is 0.249. The van der Waals surface area contributed by atoms with Crippen LogP contribution in [0.2, 0.25) is 0 Å². The van der Waals surface area contributed by atoms with Crippen molar-refractivity contribution in [2.75, 3.05) is 39.1 Å². The van der Waals surface area contributed by atoms with Crippen LogP contribution in [-0.4, -0.2) is 62.2 Å². The molecule has 2 aromatic carbocycles. The zero-order valence-corrected chi connectivity index (χ0v) is 19.4. The number of anilines is 1. The second-order valence-corrected chi connectivity index (χ2v) is 7.74. The Balaban J connectivity index is 0.000000614. The molecule has 166 valence electrons. The summed E-state index contributed by atoms with van der Waals surface area (Å²) in [4.78, 5) is 34.9. The van der Waals surface area contributed by atoms with E-state index in [0.717, 1.165) is 11.1 Å². The van der Waals surface area contributed by atoms with Gasteiger partial charge in [0.2, 0.25) is 0 Å². The van der Waals surface area contributed by atoms with Crippen LogP contribution >= 0.6 is 0 Å². The van der Waals surface area contributed by atoms with Crippen molar-refractivity contribution in [1.29, 1.82) is 0 Å². The molecule has 0 aromatic heterocycles. The average molecular weight is 423 g/mol. The maximum absolute atomic E-state index is 12.9. The highest BCUT2D eigenvalue weighted by Gasteiger charge is 2.33. The van der Waals surface area contributed by atoms with Crippen LogP contribution in [0.5, 0.6) is 0 Å². The van der Waals surface area contributed by atoms with E-state index in [4.69, 9.17) is 0 Å². The molecule has 3 rings (SSSR count). The molecule has 1 aliphatic heterocycles. The number of hydrogen-bond acceptors (Lipinski definition) is 4. The van der Waals surface area contributed by atoms with Gasteiger partial charge in [0.05, 0.1) is 12.0 Å². The average Bonchev–Trinajstić information content (AvgIpc) is 2.76. The molecular formula is C25H34N4O2. The number of amides is 2. The Morgan fingerprint density at radius 1 is 1.03 bits per heavy atom. The van der Waals surface area contributed by atoms with E-state index in [0.29, 0.717) is 29.6 Å². The summed E-state index contributed by atoms with van der Waals surface area (Å²) < 4.78 is 0. The second kappa shape index (κ2) is 11.4. The minimum Gasteiger partial charge on any atom is -0.308 e. The van der Waals surface area contributed by atoms with E-state index in [-0.39, 0.29) is 11.8 Å². The number of rotatable bonds is 8. The van der Waals surface area contributed by atoms with Gasteiger partial charge in [-0.15, -0.1) is 0 Å². The SMILES string of the molecule is C=CN(C=NC)c1ccc2c3c(cccc13)C(=O)N(CCN(C)C)C2=O.CCCCC. The lowest BCUT2D eigenvalue weighted by Gasteiger charge is -2.29. The number of carbonyl (C=O) groups is 2. The van der Waals surface area contributed by atoms with Crippen molar-refractivity contribution in [1.82, 2.24) is 9.80 Å². The monoisotopic (exact) mass is 422 g/mol. The van der Waals surface area contributed by atoms with Crippen LogP contribution in [0.3, 0.4) is 0 Å². The third-order valence-electron chi connectivity index (χ3n) is 5.16. The predicted molar refractivity (Wildman–Crippen MR) is 130 cm³/mol. The topological polar surface area (TPSA) is 56.2 Å². The van der Waals surface area contributed by atoms with Gasteiger partial charge in [0.25, 0.3) is 11.8 Å². The van der Waals surface area contributed by atoms with Gasteiger partial charge in [0.1, 0.15) is 0 Å². The predicted octanol–water partition coefficient (Wildman–Crippen LogP) is 4.80. The van der Waals surface area contributed by atoms with E-state index in [9.17, 15) is 9.59 Å². The maximum Gasteiger partial charge on any atom is 0.261 e. The van der Waals surface area contributed by atoms with Crippen molar-refractivity contribution < 1.29 is 9.59 Å². The Bertz CT molecular complexity index is 941. The lowest BCUT2D eigenvalue weighted by molar-refractivity contribution is 0.0601. The molecule has 0 bridgehead atoms. The summed E-state index contributed by atoms with van der Waals surface area (Å²) in [6.07, 6.45) is 7.37. The molecular weight excluding hydrogens is 388 g/mol. The van der Waals surface area contributed by atoms with Gasteiger partial charge in [0, 0.05) is 48.2 Å². The van der Waals surface area contributed by atoms with Crippen LogP contribution in [0.1, 0.15) is 53.8 Å². The van der Waals surface area contributed by atoms with Crippen LogP contribution in [0.25, 0.3) is 10.8 Å². The molecule has 0 saturated heterocycles. The lowest BCUT2D eigenvalue weighted by Crippen LogP contribution is -2.43. The van der Waals surface area contributed by atoms with Gasteiger partial charge in [-0.2, -0.15) is 0 Å². The highest BCUT2D eigenvalue weighted by molar-refractivity contribution is 6.27. The van der Waals surface area contributed by atoms with Crippen molar-refractivity contribution in [3.8, 4) is 0 Å². The highest BCUT2D eigenvalue weighted by Crippen LogP contribution is 2.35. The number of carbonyl (C=O) groups excluding carboxylic acids is 2. The number of imide groups is 1. The Labute approximate surface area is 185 Å². The highest BCUT2D eigenvalue weighted by atomic mass is 16.2. The normalized spacial score (nSPS) is 13.0. The second-order valence-electron chi connectivity index (χ2n) is 7.74. The molecule has 2 amide bonds. The summed E-state index contributed by atoms with van der Waals surface area (Å²) in [5.74, 6) is -0.497. The number of benzene rings is 2. The molecule has 0 saturated carbocycles. The van der Waals surface area contributed by atoms with Gasteiger partial charge in [-0.25, -0.2) is 0 Å². The third-order valence-corrected chi connectivity index (χ3v) is 5.16. The fourth-order valence-electron chi connectivity index (χ4n) is 3.54.